The second-order valence-corrected chi connectivity index (χ2v) is 5.78. The van der Waals surface area contributed by atoms with Crippen LogP contribution in [-0.4, -0.2) is 25.0 Å². The smallest absolute Gasteiger partial charge is 0.353 e. The van der Waals surface area contributed by atoms with Gasteiger partial charge in [-0.15, -0.1) is 0 Å². The average molecular weight is 314 g/mol. The minimum atomic E-state index is -4.39. The van der Waals surface area contributed by atoms with Crippen molar-refractivity contribution in [3.63, 3.8) is 0 Å². The van der Waals surface area contributed by atoms with Crippen molar-refractivity contribution in [1.82, 2.24) is 10.6 Å². The van der Waals surface area contributed by atoms with E-state index in [1.54, 1.807) is 13.0 Å². The molecule has 1 unspecified atom stereocenters. The van der Waals surface area contributed by atoms with Crippen molar-refractivity contribution in [2.24, 2.45) is 0 Å². The van der Waals surface area contributed by atoms with Crippen LogP contribution >= 0.6 is 0 Å². The predicted molar refractivity (Wildman–Crippen MR) is 78.5 cm³/mol. The molecule has 1 aromatic rings. The van der Waals surface area contributed by atoms with Crippen LogP contribution < -0.4 is 10.6 Å². The number of halogens is 3. The molecule has 0 bridgehead atoms. The van der Waals surface area contributed by atoms with Crippen LogP contribution in [-0.2, 0) is 11.0 Å². The molecule has 0 saturated carbocycles. The van der Waals surface area contributed by atoms with Gasteiger partial charge in [0.2, 0.25) is 5.91 Å². The van der Waals surface area contributed by atoms with Crippen molar-refractivity contribution in [2.75, 3.05) is 13.1 Å². The van der Waals surface area contributed by atoms with Gasteiger partial charge in [0.1, 0.15) is 0 Å². The van der Waals surface area contributed by atoms with E-state index in [-0.39, 0.29) is 23.9 Å². The second kappa shape index (κ2) is 7.13. The van der Waals surface area contributed by atoms with Crippen molar-refractivity contribution in [2.45, 2.75) is 44.3 Å². The van der Waals surface area contributed by atoms with Crippen molar-refractivity contribution in [1.29, 1.82) is 0 Å². The lowest BCUT2D eigenvalue weighted by Gasteiger charge is -2.25. The summed E-state index contributed by atoms with van der Waals surface area (Å²) in [5.41, 5.74) is -0.479. The van der Waals surface area contributed by atoms with Gasteiger partial charge in [0, 0.05) is 12.5 Å². The lowest BCUT2D eigenvalue weighted by molar-refractivity contribution is -0.138. The number of rotatable bonds is 4. The number of alkyl halides is 3. The molecule has 22 heavy (non-hydrogen) atoms. The molecule has 1 amide bonds. The monoisotopic (exact) mass is 314 g/mol. The summed E-state index contributed by atoms with van der Waals surface area (Å²) in [7, 11) is 0. The maximum atomic E-state index is 13.0. The Balaban J connectivity index is 1.99. The third kappa shape index (κ3) is 4.47. The van der Waals surface area contributed by atoms with Gasteiger partial charge >= 0.3 is 6.18 Å². The average Bonchev–Trinajstić information content (AvgIpc) is 2.47. The molecule has 0 spiro atoms. The van der Waals surface area contributed by atoms with E-state index in [0.29, 0.717) is 0 Å². The summed E-state index contributed by atoms with van der Waals surface area (Å²) < 4.78 is 39.0. The topological polar surface area (TPSA) is 41.1 Å². The van der Waals surface area contributed by atoms with E-state index in [1.807, 2.05) is 0 Å². The Kier molecular flexibility index (Phi) is 5.45. The molecule has 0 aliphatic carbocycles. The van der Waals surface area contributed by atoms with Gasteiger partial charge in [-0.05, 0) is 43.5 Å². The molecule has 122 valence electrons. The number of hydrogen-bond acceptors (Lipinski definition) is 2. The first-order valence-corrected chi connectivity index (χ1v) is 7.54. The molecular formula is C16H21F3N2O. The second-order valence-electron chi connectivity index (χ2n) is 5.78. The van der Waals surface area contributed by atoms with Crippen molar-refractivity contribution in [3.8, 4) is 0 Å². The molecule has 0 radical (unpaired) electrons. The van der Waals surface area contributed by atoms with Gasteiger partial charge < -0.3 is 10.6 Å². The Hall–Kier alpha value is -1.56. The first kappa shape index (κ1) is 16.8. The number of amides is 1. The standard InChI is InChI=1S/C16H21F3N2O/c1-11(10-15(22)21-12-6-8-20-9-7-12)13-4-2-3-5-14(13)16(17,18)19/h2-5,11-12,20H,6-10H2,1H3,(H,21,22). The molecule has 1 atom stereocenters. The summed E-state index contributed by atoms with van der Waals surface area (Å²) >= 11 is 0. The number of benzene rings is 1. The molecule has 1 fully saturated rings. The van der Waals surface area contributed by atoms with Gasteiger partial charge in [-0.3, -0.25) is 4.79 Å². The molecule has 2 N–H and O–H groups in total. The highest BCUT2D eigenvalue weighted by molar-refractivity contribution is 5.77. The molecule has 1 saturated heterocycles. The number of nitrogens with one attached hydrogen (secondary N) is 2. The van der Waals surface area contributed by atoms with Crippen LogP contribution in [0.3, 0.4) is 0 Å². The third-order valence-corrected chi connectivity index (χ3v) is 3.99. The molecule has 0 aromatic heterocycles. The quantitative estimate of drug-likeness (QED) is 0.897. The van der Waals surface area contributed by atoms with Crippen LogP contribution in [0.15, 0.2) is 24.3 Å². The Morgan fingerprint density at radius 3 is 2.59 bits per heavy atom. The van der Waals surface area contributed by atoms with Crippen LogP contribution in [0.25, 0.3) is 0 Å². The molecule has 1 aliphatic rings. The number of hydrogen-bond donors (Lipinski definition) is 2. The molecule has 1 heterocycles. The maximum absolute atomic E-state index is 13.0. The predicted octanol–water partition coefficient (Wildman–Crippen LogP) is 3.07. The first-order chi connectivity index (χ1) is 10.4. The van der Waals surface area contributed by atoms with E-state index in [9.17, 15) is 18.0 Å². The highest BCUT2D eigenvalue weighted by atomic mass is 19.4. The minimum absolute atomic E-state index is 0.0665. The summed E-state index contributed by atoms with van der Waals surface area (Å²) in [5, 5.41) is 6.12. The van der Waals surface area contributed by atoms with Crippen LogP contribution in [0.1, 0.15) is 43.2 Å². The Bertz CT molecular complexity index is 510. The SMILES string of the molecule is CC(CC(=O)NC1CCNCC1)c1ccccc1C(F)(F)F. The summed E-state index contributed by atoms with van der Waals surface area (Å²) in [6, 6.07) is 5.58. The number of piperidine rings is 1. The van der Waals surface area contributed by atoms with Crippen LogP contribution in [0.4, 0.5) is 13.2 Å². The van der Waals surface area contributed by atoms with Crippen LogP contribution in [0, 0.1) is 0 Å². The molecule has 1 aliphatic heterocycles. The molecule has 2 rings (SSSR count). The molecule has 6 heteroatoms. The summed E-state index contributed by atoms with van der Waals surface area (Å²) in [6.45, 7) is 3.38. The van der Waals surface area contributed by atoms with E-state index < -0.39 is 17.7 Å². The van der Waals surface area contributed by atoms with E-state index in [4.69, 9.17) is 0 Å². The zero-order chi connectivity index (χ0) is 16.2. The van der Waals surface area contributed by atoms with Gasteiger partial charge in [-0.1, -0.05) is 25.1 Å². The minimum Gasteiger partial charge on any atom is -0.353 e. The lowest BCUT2D eigenvalue weighted by atomic mass is 9.92. The summed E-state index contributed by atoms with van der Waals surface area (Å²) in [5.74, 6) is -0.657. The van der Waals surface area contributed by atoms with Crippen molar-refractivity contribution in [3.05, 3.63) is 35.4 Å². The maximum Gasteiger partial charge on any atom is 0.416 e. The summed E-state index contributed by atoms with van der Waals surface area (Å²) in [4.78, 5) is 12.0. The normalized spacial score (nSPS) is 18.0. The van der Waals surface area contributed by atoms with E-state index in [2.05, 4.69) is 10.6 Å². The van der Waals surface area contributed by atoms with Gasteiger partial charge in [-0.25, -0.2) is 0 Å². The fraction of sp³-hybridized carbons (Fsp3) is 0.562. The van der Waals surface area contributed by atoms with E-state index >= 15 is 0 Å². The van der Waals surface area contributed by atoms with Gasteiger partial charge in [0.05, 0.1) is 5.56 Å². The molecule has 1 aromatic carbocycles. The van der Waals surface area contributed by atoms with Gasteiger partial charge in [-0.2, -0.15) is 13.2 Å². The Morgan fingerprint density at radius 2 is 1.95 bits per heavy atom. The van der Waals surface area contributed by atoms with Crippen molar-refractivity contribution < 1.29 is 18.0 Å². The Labute approximate surface area is 128 Å². The zero-order valence-corrected chi connectivity index (χ0v) is 12.5. The third-order valence-electron chi connectivity index (χ3n) is 3.99. The van der Waals surface area contributed by atoms with Crippen LogP contribution in [0.5, 0.6) is 0 Å². The van der Waals surface area contributed by atoms with Gasteiger partial charge in [0.25, 0.3) is 0 Å². The largest absolute Gasteiger partial charge is 0.416 e. The lowest BCUT2D eigenvalue weighted by Crippen LogP contribution is -2.43. The zero-order valence-electron chi connectivity index (χ0n) is 12.5. The van der Waals surface area contributed by atoms with Gasteiger partial charge in [0.15, 0.2) is 0 Å². The van der Waals surface area contributed by atoms with E-state index in [0.717, 1.165) is 32.0 Å². The fourth-order valence-corrected chi connectivity index (χ4v) is 2.83. The summed E-state index contributed by atoms with van der Waals surface area (Å²) in [6.07, 6.45) is -2.61. The number of carbonyl (C=O) groups is 1. The van der Waals surface area contributed by atoms with Crippen molar-refractivity contribution >= 4 is 5.91 Å². The highest BCUT2D eigenvalue weighted by Gasteiger charge is 2.34. The Morgan fingerprint density at radius 1 is 1.32 bits per heavy atom. The van der Waals surface area contributed by atoms with E-state index in [1.165, 1.54) is 12.1 Å². The van der Waals surface area contributed by atoms with Crippen LogP contribution in [0.2, 0.25) is 0 Å². The number of carbonyl (C=O) groups excluding carboxylic acids is 1. The fourth-order valence-electron chi connectivity index (χ4n) is 2.83. The highest BCUT2D eigenvalue weighted by Crippen LogP contribution is 2.35. The molecule has 3 nitrogen and oxygen atoms in total. The molecular weight excluding hydrogens is 293 g/mol. The first-order valence-electron chi connectivity index (χ1n) is 7.54.